The van der Waals surface area contributed by atoms with Gasteiger partial charge in [0.15, 0.2) is 0 Å². The van der Waals surface area contributed by atoms with Crippen LogP contribution in [0.5, 0.6) is 0 Å². The Morgan fingerprint density at radius 2 is 1.55 bits per heavy atom. The van der Waals surface area contributed by atoms with E-state index in [4.69, 9.17) is 0 Å². The summed E-state index contributed by atoms with van der Waals surface area (Å²) in [4.78, 5) is 14.1. The average molecular weight is 420 g/mol. The van der Waals surface area contributed by atoms with Crippen molar-refractivity contribution in [3.05, 3.63) is 117 Å². The summed E-state index contributed by atoms with van der Waals surface area (Å²) in [6.45, 7) is 0.110. The molecule has 5 heteroatoms. The molecule has 1 atom stereocenters. The van der Waals surface area contributed by atoms with Gasteiger partial charge in [0.1, 0.15) is 5.60 Å². The molecule has 2 aromatic carbocycles. The highest BCUT2D eigenvalue weighted by atomic mass is 32.1. The second-order valence-electron chi connectivity index (χ2n) is 6.82. The highest BCUT2D eigenvalue weighted by molar-refractivity contribution is 7.10. The van der Waals surface area contributed by atoms with E-state index in [0.717, 1.165) is 21.6 Å². The molecule has 3 nitrogen and oxygen atoms in total. The SMILES string of the molecule is O=C(NCC(O)(c1ccsc1)c1cccs1)C(c1ccccc1)c1ccccc1. The first kappa shape index (κ1) is 19.6. The Balaban J connectivity index is 1.62. The van der Waals surface area contributed by atoms with Crippen LogP contribution >= 0.6 is 22.7 Å². The van der Waals surface area contributed by atoms with Crippen LogP contribution in [0.1, 0.15) is 27.5 Å². The molecule has 0 saturated carbocycles. The van der Waals surface area contributed by atoms with E-state index in [9.17, 15) is 9.90 Å². The summed E-state index contributed by atoms with van der Waals surface area (Å²) in [5, 5.41) is 20.3. The van der Waals surface area contributed by atoms with Gasteiger partial charge in [-0.05, 0) is 39.4 Å². The number of carbonyl (C=O) groups is 1. The predicted octanol–water partition coefficient (Wildman–Crippen LogP) is 4.99. The van der Waals surface area contributed by atoms with Crippen molar-refractivity contribution >= 4 is 28.6 Å². The summed E-state index contributed by atoms with van der Waals surface area (Å²) in [5.74, 6) is -0.569. The Kier molecular flexibility index (Phi) is 5.90. The first-order valence-corrected chi connectivity index (χ1v) is 11.2. The predicted molar refractivity (Wildman–Crippen MR) is 119 cm³/mol. The molecule has 0 aliphatic carbocycles. The van der Waals surface area contributed by atoms with Crippen LogP contribution in [0, 0.1) is 0 Å². The summed E-state index contributed by atoms with van der Waals surface area (Å²) >= 11 is 3.01. The van der Waals surface area contributed by atoms with E-state index in [0.29, 0.717) is 0 Å². The molecule has 0 fully saturated rings. The molecule has 1 amide bonds. The zero-order valence-electron chi connectivity index (χ0n) is 15.7. The molecule has 146 valence electrons. The van der Waals surface area contributed by atoms with Crippen molar-refractivity contribution in [2.75, 3.05) is 6.54 Å². The number of hydrogen-bond donors (Lipinski definition) is 2. The van der Waals surface area contributed by atoms with Crippen LogP contribution in [0.25, 0.3) is 0 Å². The van der Waals surface area contributed by atoms with E-state index in [2.05, 4.69) is 5.32 Å². The monoisotopic (exact) mass is 419 g/mol. The molecule has 0 aliphatic rings. The lowest BCUT2D eigenvalue weighted by atomic mass is 9.89. The fourth-order valence-corrected chi connectivity index (χ4v) is 5.02. The number of nitrogens with one attached hydrogen (secondary N) is 1. The third-order valence-electron chi connectivity index (χ3n) is 4.97. The summed E-state index contributed by atoms with van der Waals surface area (Å²) in [5.41, 5.74) is 1.39. The molecule has 2 N–H and O–H groups in total. The van der Waals surface area contributed by atoms with Crippen molar-refractivity contribution < 1.29 is 9.90 Å². The summed E-state index contributed by atoms with van der Waals surface area (Å²) in [7, 11) is 0. The number of amides is 1. The molecule has 4 aromatic rings. The average Bonchev–Trinajstić information content (AvgIpc) is 3.49. The highest BCUT2D eigenvalue weighted by Gasteiger charge is 2.34. The molecule has 2 heterocycles. The van der Waals surface area contributed by atoms with Crippen molar-refractivity contribution in [2.45, 2.75) is 11.5 Å². The quantitative estimate of drug-likeness (QED) is 0.443. The number of benzene rings is 2. The van der Waals surface area contributed by atoms with E-state index in [1.165, 1.54) is 22.7 Å². The van der Waals surface area contributed by atoms with Crippen molar-refractivity contribution in [2.24, 2.45) is 0 Å². The van der Waals surface area contributed by atoms with Crippen LogP contribution < -0.4 is 5.32 Å². The third kappa shape index (κ3) is 4.17. The van der Waals surface area contributed by atoms with Crippen LogP contribution in [0.15, 0.2) is 95.0 Å². The molecule has 0 bridgehead atoms. The molecule has 29 heavy (non-hydrogen) atoms. The highest BCUT2D eigenvalue weighted by Crippen LogP contribution is 2.34. The lowest BCUT2D eigenvalue weighted by molar-refractivity contribution is -0.122. The van der Waals surface area contributed by atoms with Crippen molar-refractivity contribution in [3.63, 3.8) is 0 Å². The molecule has 0 spiro atoms. The van der Waals surface area contributed by atoms with E-state index < -0.39 is 11.5 Å². The van der Waals surface area contributed by atoms with E-state index >= 15 is 0 Å². The van der Waals surface area contributed by atoms with Gasteiger partial charge < -0.3 is 10.4 Å². The largest absolute Gasteiger partial charge is 0.378 e. The molecular weight excluding hydrogens is 398 g/mol. The van der Waals surface area contributed by atoms with Crippen LogP contribution in [-0.4, -0.2) is 17.6 Å². The minimum atomic E-state index is -1.25. The Morgan fingerprint density at radius 3 is 2.07 bits per heavy atom. The summed E-state index contributed by atoms with van der Waals surface area (Å²) in [6.07, 6.45) is 0. The lowest BCUT2D eigenvalue weighted by Gasteiger charge is -2.28. The second-order valence-corrected chi connectivity index (χ2v) is 8.55. The van der Waals surface area contributed by atoms with Gasteiger partial charge in [-0.25, -0.2) is 0 Å². The fraction of sp³-hybridized carbons (Fsp3) is 0.125. The first-order valence-electron chi connectivity index (χ1n) is 9.35. The minimum Gasteiger partial charge on any atom is -0.378 e. The third-order valence-corrected chi connectivity index (χ3v) is 6.68. The molecular formula is C24H21NO2S2. The minimum absolute atomic E-state index is 0.110. The zero-order chi connectivity index (χ0) is 20.1. The van der Waals surface area contributed by atoms with E-state index in [-0.39, 0.29) is 12.5 Å². The topological polar surface area (TPSA) is 49.3 Å². The van der Waals surface area contributed by atoms with Gasteiger partial charge in [-0.15, -0.1) is 11.3 Å². The Morgan fingerprint density at radius 1 is 0.897 bits per heavy atom. The fourth-order valence-electron chi connectivity index (χ4n) is 3.45. The molecule has 0 saturated heterocycles. The van der Waals surface area contributed by atoms with Gasteiger partial charge in [0.2, 0.25) is 5.91 Å². The number of hydrogen-bond acceptors (Lipinski definition) is 4. The Hall–Kier alpha value is -2.73. The van der Waals surface area contributed by atoms with Gasteiger partial charge in [-0.3, -0.25) is 4.79 Å². The molecule has 0 radical (unpaired) electrons. The molecule has 0 aliphatic heterocycles. The van der Waals surface area contributed by atoms with Crippen LogP contribution in [0.3, 0.4) is 0 Å². The smallest absolute Gasteiger partial charge is 0.232 e. The normalized spacial score (nSPS) is 13.2. The lowest BCUT2D eigenvalue weighted by Crippen LogP contribution is -2.42. The zero-order valence-corrected chi connectivity index (χ0v) is 17.3. The van der Waals surface area contributed by atoms with Crippen molar-refractivity contribution in [1.29, 1.82) is 0 Å². The summed E-state index contributed by atoms with van der Waals surface area (Å²) in [6, 6.07) is 25.2. The number of aliphatic hydroxyl groups is 1. The van der Waals surface area contributed by atoms with Gasteiger partial charge in [-0.1, -0.05) is 66.7 Å². The number of carbonyl (C=O) groups excluding carboxylic acids is 1. The van der Waals surface area contributed by atoms with E-state index in [1.807, 2.05) is 95.0 Å². The van der Waals surface area contributed by atoms with Crippen LogP contribution in [-0.2, 0) is 10.4 Å². The second kappa shape index (κ2) is 8.74. The van der Waals surface area contributed by atoms with E-state index in [1.54, 1.807) is 0 Å². The summed E-state index contributed by atoms with van der Waals surface area (Å²) < 4.78 is 0. The van der Waals surface area contributed by atoms with Crippen molar-refractivity contribution in [3.8, 4) is 0 Å². The number of thiophene rings is 2. The van der Waals surface area contributed by atoms with Crippen LogP contribution in [0.2, 0.25) is 0 Å². The maximum Gasteiger partial charge on any atom is 0.232 e. The van der Waals surface area contributed by atoms with Gasteiger partial charge >= 0.3 is 0 Å². The van der Waals surface area contributed by atoms with Gasteiger partial charge in [0.05, 0.1) is 12.5 Å². The van der Waals surface area contributed by atoms with Gasteiger partial charge in [0, 0.05) is 10.4 Å². The van der Waals surface area contributed by atoms with Crippen molar-refractivity contribution in [1.82, 2.24) is 5.32 Å². The van der Waals surface area contributed by atoms with Gasteiger partial charge in [0.25, 0.3) is 0 Å². The first-order chi connectivity index (χ1) is 14.2. The molecule has 4 rings (SSSR count). The maximum absolute atomic E-state index is 13.3. The van der Waals surface area contributed by atoms with Gasteiger partial charge in [-0.2, -0.15) is 11.3 Å². The molecule has 1 unspecified atom stereocenters. The Labute approximate surface area is 178 Å². The molecule has 2 aromatic heterocycles. The maximum atomic E-state index is 13.3. The number of rotatable bonds is 7. The standard InChI is InChI=1S/C24H21NO2S2/c26-23(22(18-8-3-1-4-9-18)19-10-5-2-6-11-19)25-17-24(27,20-13-15-28-16-20)21-12-7-14-29-21/h1-16,22,27H,17H2,(H,25,26). The Bertz CT molecular complexity index is 955. The van der Waals surface area contributed by atoms with Crippen LogP contribution in [0.4, 0.5) is 0 Å².